The molecule has 0 spiro atoms. The average molecular weight is 632 g/mol. The highest BCUT2D eigenvalue weighted by atomic mass is 16.3. The molecule has 3 aromatic carbocycles. The summed E-state index contributed by atoms with van der Waals surface area (Å²) in [6.07, 6.45) is 3.05. The minimum atomic E-state index is -1.10. The third-order valence-electron chi connectivity index (χ3n) is 9.07. The van der Waals surface area contributed by atoms with E-state index in [1.54, 1.807) is 54.7 Å². The summed E-state index contributed by atoms with van der Waals surface area (Å²) >= 11 is 0. The molecule has 1 aliphatic carbocycles. The van der Waals surface area contributed by atoms with Gasteiger partial charge in [0.05, 0.1) is 42.5 Å². The number of hydrogen-bond donors (Lipinski definition) is 5. The fourth-order valence-corrected chi connectivity index (χ4v) is 6.81. The Morgan fingerprint density at radius 1 is 0.894 bits per heavy atom. The van der Waals surface area contributed by atoms with Crippen LogP contribution in [0.2, 0.25) is 0 Å². The van der Waals surface area contributed by atoms with Crippen LogP contribution in [0.25, 0.3) is 11.6 Å². The van der Waals surface area contributed by atoms with Gasteiger partial charge in [0.15, 0.2) is 0 Å². The molecule has 0 saturated carbocycles. The molecule has 1 aliphatic heterocycles. The molecule has 1 fully saturated rings. The molecule has 47 heavy (non-hydrogen) atoms. The van der Waals surface area contributed by atoms with Crippen LogP contribution >= 0.6 is 0 Å². The van der Waals surface area contributed by atoms with Crippen molar-refractivity contribution in [2.75, 3.05) is 23.4 Å². The second-order valence-corrected chi connectivity index (χ2v) is 11.9. The van der Waals surface area contributed by atoms with Gasteiger partial charge >= 0.3 is 0 Å². The van der Waals surface area contributed by atoms with Gasteiger partial charge in [0.1, 0.15) is 5.75 Å². The van der Waals surface area contributed by atoms with E-state index in [0.29, 0.717) is 34.5 Å². The molecule has 2 heterocycles. The Morgan fingerprint density at radius 3 is 2.28 bits per heavy atom. The van der Waals surface area contributed by atoms with Crippen molar-refractivity contribution < 1.29 is 30.0 Å². The van der Waals surface area contributed by atoms with Crippen LogP contribution < -0.4 is 10.2 Å². The lowest BCUT2D eigenvalue weighted by Gasteiger charge is -2.36. The largest absolute Gasteiger partial charge is 0.507 e. The van der Waals surface area contributed by atoms with Crippen molar-refractivity contribution >= 4 is 40.5 Å². The van der Waals surface area contributed by atoms with E-state index in [2.05, 4.69) is 10.3 Å². The monoisotopic (exact) mass is 631 g/mol. The van der Waals surface area contributed by atoms with E-state index in [1.165, 1.54) is 4.90 Å². The molecule has 1 aromatic heterocycles. The molecule has 6 rings (SSSR count). The summed E-state index contributed by atoms with van der Waals surface area (Å²) in [7, 11) is 0. The molecular formula is C38H37N3O6. The first kappa shape index (κ1) is 31.9. The van der Waals surface area contributed by atoms with E-state index in [9.17, 15) is 30.0 Å². The first-order chi connectivity index (χ1) is 22.9. The quantitative estimate of drug-likeness (QED) is 0.111. The highest BCUT2D eigenvalue weighted by Gasteiger charge is 2.55. The number of aromatic nitrogens is 1. The molecule has 4 atom stereocenters. The second-order valence-electron chi connectivity index (χ2n) is 11.9. The summed E-state index contributed by atoms with van der Waals surface area (Å²) in [5, 5.41) is 46.3. The number of aromatic hydroxyl groups is 1. The minimum absolute atomic E-state index is 0.111. The van der Waals surface area contributed by atoms with Crippen LogP contribution in [-0.4, -0.2) is 56.5 Å². The molecule has 0 unspecified atom stereocenters. The maximum Gasteiger partial charge on any atom is 0.238 e. The summed E-state index contributed by atoms with van der Waals surface area (Å²) in [6.45, 7) is -0.876. The zero-order chi connectivity index (χ0) is 32.9. The number of anilines is 3. The number of allylic oxidation sites excluding steroid dienone is 1. The number of phenols is 1. The zero-order valence-electron chi connectivity index (χ0n) is 25.7. The van der Waals surface area contributed by atoms with Crippen molar-refractivity contribution in [3.63, 3.8) is 0 Å². The topological polar surface area (TPSA) is 143 Å². The Hall–Kier alpha value is -5.09. The van der Waals surface area contributed by atoms with Gasteiger partial charge in [-0.1, -0.05) is 42.5 Å². The van der Waals surface area contributed by atoms with Crippen molar-refractivity contribution in [1.29, 1.82) is 0 Å². The van der Waals surface area contributed by atoms with E-state index in [0.717, 1.165) is 16.9 Å². The lowest BCUT2D eigenvalue weighted by Crippen LogP contribution is -2.39. The summed E-state index contributed by atoms with van der Waals surface area (Å²) in [5.74, 6) is -3.18. The van der Waals surface area contributed by atoms with Gasteiger partial charge in [-0.05, 0) is 96.7 Å². The minimum Gasteiger partial charge on any atom is -0.507 e. The number of amides is 2. The molecule has 240 valence electrons. The number of carbonyl (C=O) groups excluding carboxylic acids is 2. The first-order valence-corrected chi connectivity index (χ1v) is 15.7. The Labute approximate surface area is 273 Å². The van der Waals surface area contributed by atoms with Crippen LogP contribution in [0.15, 0.2) is 114 Å². The maximum absolute atomic E-state index is 13.9. The lowest BCUT2D eigenvalue weighted by molar-refractivity contribution is -0.123. The lowest BCUT2D eigenvalue weighted by atomic mass is 9.68. The Morgan fingerprint density at radius 2 is 1.60 bits per heavy atom. The maximum atomic E-state index is 13.9. The number of nitrogens with one attached hydrogen (secondary N) is 1. The normalized spacial score (nSPS) is 20.4. The molecule has 0 bridgehead atoms. The molecule has 0 radical (unpaired) electrons. The van der Waals surface area contributed by atoms with Gasteiger partial charge in [-0.3, -0.25) is 19.5 Å². The number of fused-ring (bicyclic) bond motifs is 1. The van der Waals surface area contributed by atoms with Gasteiger partial charge < -0.3 is 25.7 Å². The average Bonchev–Trinajstić information content (AvgIpc) is 3.36. The molecule has 4 aromatic rings. The number of benzene rings is 3. The number of para-hydroxylation sites is 2. The van der Waals surface area contributed by atoms with Crippen LogP contribution in [0.5, 0.6) is 5.75 Å². The standard InChI is InChI=1S/C38H37N3O6/c42-22-26-21-30-36(38(47)41(37(30)46)29-16-14-28(15-17-29)40-27-9-2-1-3-10-27)31(23-43)35(26)34(45)18-13-24(32-11-6-7-19-39-32)20-25-8-4-5-12-33(25)44/h1-12,14-17,19-20,30-31,34,36,40,42-45H,13,18,21-23H2/b24-20-/t30-,31+,34-,36-/m1/s1. The number of pyridine rings is 1. The van der Waals surface area contributed by atoms with Gasteiger partial charge in [0.25, 0.3) is 0 Å². The van der Waals surface area contributed by atoms with Gasteiger partial charge in [-0.25, -0.2) is 0 Å². The molecule has 2 aliphatic rings. The Kier molecular flexibility index (Phi) is 9.58. The summed E-state index contributed by atoms with van der Waals surface area (Å²) in [6, 6.07) is 29.1. The smallest absolute Gasteiger partial charge is 0.238 e. The number of carbonyl (C=O) groups is 2. The fraction of sp³-hybridized carbons (Fsp3) is 0.237. The fourth-order valence-electron chi connectivity index (χ4n) is 6.81. The summed E-state index contributed by atoms with van der Waals surface area (Å²) in [4.78, 5) is 33.3. The highest BCUT2D eigenvalue weighted by molar-refractivity contribution is 6.22. The SMILES string of the molecule is O=C1[C@@H]2[C@@H](CC(CO)=C([C@H](O)CC/C(=C/c3ccccc3O)c3ccccn3)[C@@H]2CO)C(=O)N1c1ccc(Nc2ccccc2)cc1. The number of aliphatic hydroxyl groups excluding tert-OH is 3. The van der Waals surface area contributed by atoms with Crippen molar-refractivity contribution in [2.24, 2.45) is 17.8 Å². The second kappa shape index (κ2) is 14.1. The van der Waals surface area contributed by atoms with Crippen molar-refractivity contribution in [3.05, 3.63) is 126 Å². The van der Waals surface area contributed by atoms with E-state index < -0.39 is 43.0 Å². The van der Waals surface area contributed by atoms with E-state index in [4.69, 9.17) is 0 Å². The van der Waals surface area contributed by atoms with Gasteiger partial charge in [-0.2, -0.15) is 0 Å². The van der Waals surface area contributed by atoms with Gasteiger partial charge in [0, 0.05) is 29.1 Å². The van der Waals surface area contributed by atoms with E-state index in [-0.39, 0.29) is 24.5 Å². The van der Waals surface area contributed by atoms with Crippen LogP contribution in [0, 0.1) is 17.8 Å². The summed E-state index contributed by atoms with van der Waals surface area (Å²) in [5.41, 5.74) is 5.05. The number of phenolic OH excluding ortho intramolecular Hbond substituents is 1. The van der Waals surface area contributed by atoms with Gasteiger partial charge in [0.2, 0.25) is 11.8 Å². The Balaban J connectivity index is 1.23. The first-order valence-electron chi connectivity index (χ1n) is 15.7. The predicted octanol–water partition coefficient (Wildman–Crippen LogP) is 5.32. The number of hydrogen-bond acceptors (Lipinski definition) is 8. The zero-order valence-corrected chi connectivity index (χ0v) is 25.7. The van der Waals surface area contributed by atoms with Crippen molar-refractivity contribution in [3.8, 4) is 5.75 Å². The van der Waals surface area contributed by atoms with Crippen LogP contribution in [0.1, 0.15) is 30.5 Å². The van der Waals surface area contributed by atoms with E-state index >= 15 is 0 Å². The molecule has 9 heteroatoms. The van der Waals surface area contributed by atoms with Gasteiger partial charge in [-0.15, -0.1) is 0 Å². The third kappa shape index (κ3) is 6.59. The number of rotatable bonds is 11. The van der Waals surface area contributed by atoms with Crippen LogP contribution in [0.4, 0.5) is 17.1 Å². The number of nitrogens with zero attached hydrogens (tertiary/aromatic N) is 2. The molecular weight excluding hydrogens is 594 g/mol. The van der Waals surface area contributed by atoms with Crippen LogP contribution in [0.3, 0.4) is 0 Å². The molecule has 5 N–H and O–H groups in total. The third-order valence-corrected chi connectivity index (χ3v) is 9.07. The predicted molar refractivity (Wildman–Crippen MR) is 180 cm³/mol. The Bertz CT molecular complexity index is 1790. The van der Waals surface area contributed by atoms with Crippen molar-refractivity contribution in [2.45, 2.75) is 25.4 Å². The number of aliphatic hydroxyl groups is 3. The van der Waals surface area contributed by atoms with Crippen LogP contribution in [-0.2, 0) is 9.59 Å². The molecule has 9 nitrogen and oxygen atoms in total. The molecule has 1 saturated heterocycles. The number of imide groups is 1. The molecule has 2 amide bonds. The van der Waals surface area contributed by atoms with Crippen molar-refractivity contribution in [1.82, 2.24) is 4.98 Å². The summed E-state index contributed by atoms with van der Waals surface area (Å²) < 4.78 is 0. The highest BCUT2D eigenvalue weighted by Crippen LogP contribution is 2.47. The van der Waals surface area contributed by atoms with E-state index in [1.807, 2.05) is 54.6 Å².